The second-order valence-electron chi connectivity index (χ2n) is 4.71. The van der Waals surface area contributed by atoms with Crippen molar-refractivity contribution in [2.75, 3.05) is 0 Å². The summed E-state index contributed by atoms with van der Waals surface area (Å²) < 4.78 is 35.1. The molecule has 0 saturated heterocycles. The summed E-state index contributed by atoms with van der Waals surface area (Å²) in [7, 11) is -3.98. The van der Waals surface area contributed by atoms with Crippen LogP contribution in [0.4, 0.5) is 0 Å². The van der Waals surface area contributed by atoms with Gasteiger partial charge in [-0.15, -0.1) is 0 Å². The first kappa shape index (κ1) is 15.8. The maximum Gasteiger partial charge on any atom is 0.322 e. The van der Waals surface area contributed by atoms with Gasteiger partial charge >= 0.3 is 5.97 Å². The monoisotopic (exact) mass is 329 g/mol. The Morgan fingerprint density at radius 3 is 2.76 bits per heavy atom. The number of hydrogen-bond donors (Lipinski definition) is 2. The Bertz CT molecular complexity index is 757. The van der Waals surface area contributed by atoms with E-state index in [-0.39, 0.29) is 16.3 Å². The van der Waals surface area contributed by atoms with E-state index < -0.39 is 22.0 Å². The third-order valence-electron chi connectivity index (χ3n) is 3.30. The highest BCUT2D eigenvalue weighted by atomic mass is 32.2. The molecule has 114 valence electrons. The van der Waals surface area contributed by atoms with Crippen molar-refractivity contribution < 1.29 is 18.3 Å². The average Bonchev–Trinajstić information content (AvgIpc) is 2.91. The quantitative estimate of drug-likeness (QED) is 0.830. The second-order valence-corrected chi connectivity index (χ2v) is 6.92. The van der Waals surface area contributed by atoms with Gasteiger partial charge in [0.25, 0.3) is 0 Å². The van der Waals surface area contributed by atoms with E-state index >= 15 is 0 Å². The number of carboxylic acids is 1. The number of benzene rings is 1. The van der Waals surface area contributed by atoms with E-state index in [0.29, 0.717) is 11.9 Å². The molecular weight excluding hydrogens is 314 g/mol. The molecule has 0 radical (unpaired) electrons. The Morgan fingerprint density at radius 2 is 2.14 bits per heavy atom. The molecule has 2 N–H and O–H groups in total. The van der Waals surface area contributed by atoms with Gasteiger partial charge in [0.15, 0.2) is 0 Å². The van der Waals surface area contributed by atoms with E-state index in [2.05, 4.69) is 13.5 Å². The number of hydrogen-bond acceptors (Lipinski definition) is 6. The zero-order chi connectivity index (χ0) is 15.6. The minimum atomic E-state index is -3.98. The molecule has 0 spiro atoms. The van der Waals surface area contributed by atoms with Crippen LogP contribution < -0.4 is 4.72 Å². The smallest absolute Gasteiger partial charge is 0.322 e. The van der Waals surface area contributed by atoms with E-state index in [9.17, 15) is 18.3 Å². The number of nitrogens with one attached hydrogen (secondary N) is 1. The summed E-state index contributed by atoms with van der Waals surface area (Å²) >= 11 is 0.911. The van der Waals surface area contributed by atoms with Gasteiger partial charge in [-0.05, 0) is 18.1 Å². The molecule has 1 unspecified atom stereocenters. The van der Waals surface area contributed by atoms with Crippen molar-refractivity contribution in [1.29, 1.82) is 0 Å². The number of rotatable bonds is 6. The molecule has 0 fully saturated rings. The lowest BCUT2D eigenvalue weighted by Crippen LogP contribution is -2.44. The van der Waals surface area contributed by atoms with Crippen LogP contribution >= 0.6 is 11.7 Å². The maximum absolute atomic E-state index is 12.4. The Labute approximate surface area is 126 Å². The van der Waals surface area contributed by atoms with Crippen LogP contribution in [0, 0.1) is 5.92 Å². The predicted molar refractivity (Wildman–Crippen MR) is 78.6 cm³/mol. The largest absolute Gasteiger partial charge is 0.480 e. The highest BCUT2D eigenvalue weighted by Crippen LogP contribution is 2.22. The van der Waals surface area contributed by atoms with Gasteiger partial charge < -0.3 is 5.11 Å². The third-order valence-corrected chi connectivity index (χ3v) is 5.31. The molecule has 7 nitrogen and oxygen atoms in total. The molecule has 2 aromatic rings. The normalized spacial score (nSPS) is 15.0. The van der Waals surface area contributed by atoms with Gasteiger partial charge in [0, 0.05) is 0 Å². The highest BCUT2D eigenvalue weighted by molar-refractivity contribution is 7.89. The minimum Gasteiger partial charge on any atom is -0.480 e. The van der Waals surface area contributed by atoms with Crippen molar-refractivity contribution >= 4 is 38.8 Å². The SMILES string of the molecule is CCC(C)[C@H](NS(=O)(=O)c1cccc2nsnc12)C(=O)O. The summed E-state index contributed by atoms with van der Waals surface area (Å²) in [5.74, 6) is -1.53. The molecule has 0 aliphatic heterocycles. The van der Waals surface area contributed by atoms with E-state index in [4.69, 9.17) is 0 Å². The molecule has 0 saturated carbocycles. The number of aliphatic carboxylic acids is 1. The molecule has 0 aliphatic rings. The molecular formula is C12H15N3O4S2. The van der Waals surface area contributed by atoms with Crippen molar-refractivity contribution in [3.63, 3.8) is 0 Å². The van der Waals surface area contributed by atoms with Crippen LogP contribution in [0.25, 0.3) is 11.0 Å². The standard InChI is InChI=1S/C12H15N3O4S2/c1-3-7(2)10(12(16)17)15-21(18,19)9-6-4-5-8-11(9)14-20-13-8/h4-7,10,15H,3H2,1-2H3,(H,16,17)/t7?,10-/m0/s1. The summed E-state index contributed by atoms with van der Waals surface area (Å²) in [6, 6.07) is 3.42. The summed E-state index contributed by atoms with van der Waals surface area (Å²) in [4.78, 5) is 11.2. The van der Waals surface area contributed by atoms with Crippen LogP contribution in [0.2, 0.25) is 0 Å². The fourth-order valence-electron chi connectivity index (χ4n) is 1.87. The molecule has 9 heteroatoms. The summed E-state index contributed by atoms with van der Waals surface area (Å²) in [6.45, 7) is 3.49. The van der Waals surface area contributed by atoms with Crippen LogP contribution in [0.15, 0.2) is 23.1 Å². The number of nitrogens with zero attached hydrogens (tertiary/aromatic N) is 2. The number of sulfonamides is 1. The number of carbonyl (C=O) groups is 1. The van der Waals surface area contributed by atoms with Gasteiger partial charge in [0.05, 0.1) is 11.7 Å². The zero-order valence-electron chi connectivity index (χ0n) is 11.5. The average molecular weight is 329 g/mol. The topological polar surface area (TPSA) is 109 Å². The molecule has 2 rings (SSSR count). The maximum atomic E-state index is 12.4. The lowest BCUT2D eigenvalue weighted by atomic mass is 10.0. The zero-order valence-corrected chi connectivity index (χ0v) is 13.1. The Balaban J connectivity index is 2.42. The molecule has 0 aliphatic carbocycles. The molecule has 0 bridgehead atoms. The van der Waals surface area contributed by atoms with Gasteiger partial charge in [-0.1, -0.05) is 26.3 Å². The van der Waals surface area contributed by atoms with E-state index in [1.807, 2.05) is 0 Å². The van der Waals surface area contributed by atoms with Crippen molar-refractivity contribution in [3.8, 4) is 0 Å². The lowest BCUT2D eigenvalue weighted by Gasteiger charge is -2.20. The number of aromatic nitrogens is 2. The molecule has 0 amide bonds. The van der Waals surface area contributed by atoms with Gasteiger partial charge in [-0.3, -0.25) is 4.79 Å². The first-order chi connectivity index (χ1) is 9.86. The van der Waals surface area contributed by atoms with Crippen LogP contribution in [0.3, 0.4) is 0 Å². The van der Waals surface area contributed by atoms with E-state index in [1.165, 1.54) is 6.07 Å². The Hall–Kier alpha value is -1.58. The van der Waals surface area contributed by atoms with Gasteiger partial charge in [0.1, 0.15) is 22.0 Å². The second kappa shape index (κ2) is 6.04. The number of fused-ring (bicyclic) bond motifs is 1. The van der Waals surface area contributed by atoms with Crippen molar-refractivity contribution in [2.24, 2.45) is 5.92 Å². The van der Waals surface area contributed by atoms with Gasteiger partial charge in [0.2, 0.25) is 10.0 Å². The molecule has 1 heterocycles. The number of carboxylic acid groups (broad SMARTS) is 1. The third kappa shape index (κ3) is 3.20. The summed E-state index contributed by atoms with van der Waals surface area (Å²) in [5, 5.41) is 9.21. The fraction of sp³-hybridized carbons (Fsp3) is 0.417. The van der Waals surface area contributed by atoms with Crippen molar-refractivity contribution in [3.05, 3.63) is 18.2 Å². The lowest BCUT2D eigenvalue weighted by molar-refractivity contribution is -0.140. The van der Waals surface area contributed by atoms with Crippen molar-refractivity contribution in [2.45, 2.75) is 31.2 Å². The Kier molecular flexibility index (Phi) is 4.55. The molecule has 2 atom stereocenters. The van der Waals surface area contributed by atoms with Crippen LogP contribution in [-0.4, -0.2) is 34.3 Å². The predicted octanol–water partition coefficient (Wildman–Crippen LogP) is 1.47. The molecule has 1 aromatic heterocycles. The van der Waals surface area contributed by atoms with Crippen LogP contribution in [-0.2, 0) is 14.8 Å². The summed E-state index contributed by atoms with van der Waals surface area (Å²) in [5.41, 5.74) is 0.724. The van der Waals surface area contributed by atoms with Crippen LogP contribution in [0.1, 0.15) is 20.3 Å². The van der Waals surface area contributed by atoms with Gasteiger partial charge in [-0.2, -0.15) is 13.5 Å². The molecule has 1 aromatic carbocycles. The summed E-state index contributed by atoms with van der Waals surface area (Å²) in [6.07, 6.45) is 0.544. The minimum absolute atomic E-state index is 0.0525. The first-order valence-electron chi connectivity index (χ1n) is 6.33. The van der Waals surface area contributed by atoms with E-state index in [1.54, 1.807) is 26.0 Å². The van der Waals surface area contributed by atoms with Crippen LogP contribution in [0.5, 0.6) is 0 Å². The van der Waals surface area contributed by atoms with Gasteiger partial charge in [-0.25, -0.2) is 8.42 Å². The fourth-order valence-corrected chi connectivity index (χ4v) is 3.94. The van der Waals surface area contributed by atoms with Crippen molar-refractivity contribution in [1.82, 2.24) is 13.5 Å². The molecule has 21 heavy (non-hydrogen) atoms. The highest BCUT2D eigenvalue weighted by Gasteiger charge is 2.30. The van der Waals surface area contributed by atoms with E-state index in [0.717, 1.165) is 11.7 Å². The Morgan fingerprint density at radius 1 is 1.43 bits per heavy atom. The first-order valence-corrected chi connectivity index (χ1v) is 8.54.